The summed E-state index contributed by atoms with van der Waals surface area (Å²) in [6.07, 6.45) is 2.63. The van der Waals surface area contributed by atoms with E-state index < -0.39 is 12.6 Å². The van der Waals surface area contributed by atoms with Crippen LogP contribution in [0.3, 0.4) is 0 Å². The zero-order chi connectivity index (χ0) is 19.8. The van der Waals surface area contributed by atoms with Gasteiger partial charge in [-0.25, -0.2) is 4.79 Å². The first-order valence-corrected chi connectivity index (χ1v) is 7.78. The van der Waals surface area contributed by atoms with Crippen LogP contribution in [0, 0.1) is 0 Å². The van der Waals surface area contributed by atoms with Crippen LogP contribution in [-0.2, 0) is 9.59 Å². The van der Waals surface area contributed by atoms with Crippen molar-refractivity contribution in [3.63, 3.8) is 0 Å². The number of hydrogen-bond acceptors (Lipinski definition) is 5. The minimum Gasteiger partial charge on any atom is -0.493 e. The molecule has 8 heteroatoms. The molecule has 6 nitrogen and oxygen atoms in total. The Balaban J connectivity index is 2.00. The van der Waals surface area contributed by atoms with Crippen molar-refractivity contribution >= 4 is 23.6 Å². The van der Waals surface area contributed by atoms with E-state index in [0.717, 1.165) is 0 Å². The van der Waals surface area contributed by atoms with Crippen LogP contribution in [0.15, 0.2) is 48.5 Å². The van der Waals surface area contributed by atoms with Crippen molar-refractivity contribution in [2.75, 3.05) is 12.4 Å². The topological polar surface area (TPSA) is 73.9 Å². The van der Waals surface area contributed by atoms with Gasteiger partial charge in [0.15, 0.2) is 11.5 Å². The van der Waals surface area contributed by atoms with Crippen LogP contribution in [-0.4, -0.2) is 25.6 Å². The van der Waals surface area contributed by atoms with E-state index in [9.17, 15) is 18.4 Å². The molecule has 0 bridgehead atoms. The first kappa shape index (κ1) is 19.9. The Labute approximate surface area is 154 Å². The normalized spacial score (nSPS) is 10.7. The number of methoxy groups -OCH3 is 1. The van der Waals surface area contributed by atoms with Crippen molar-refractivity contribution in [2.45, 2.75) is 13.5 Å². The van der Waals surface area contributed by atoms with Gasteiger partial charge in [0.05, 0.1) is 7.11 Å². The van der Waals surface area contributed by atoms with E-state index in [1.807, 2.05) is 0 Å². The van der Waals surface area contributed by atoms with Gasteiger partial charge in [0.25, 0.3) is 0 Å². The number of nitrogens with one attached hydrogen (secondary N) is 1. The van der Waals surface area contributed by atoms with E-state index in [1.165, 1.54) is 56.5 Å². The van der Waals surface area contributed by atoms with Crippen molar-refractivity contribution in [3.05, 3.63) is 54.1 Å². The maximum absolute atomic E-state index is 12.3. The van der Waals surface area contributed by atoms with Crippen molar-refractivity contribution in [1.82, 2.24) is 0 Å². The van der Waals surface area contributed by atoms with Gasteiger partial charge in [-0.05, 0) is 48.0 Å². The number of esters is 1. The molecule has 0 saturated heterocycles. The summed E-state index contributed by atoms with van der Waals surface area (Å²) in [5.74, 6) is -0.528. The Morgan fingerprint density at radius 2 is 1.78 bits per heavy atom. The summed E-state index contributed by atoms with van der Waals surface area (Å²) in [5, 5.41) is 2.60. The molecule has 2 aromatic carbocycles. The highest BCUT2D eigenvalue weighted by Gasteiger charge is 2.10. The van der Waals surface area contributed by atoms with Gasteiger partial charge in [0.2, 0.25) is 5.91 Å². The second-order valence-electron chi connectivity index (χ2n) is 5.25. The molecule has 1 N–H and O–H groups in total. The Morgan fingerprint density at radius 3 is 2.37 bits per heavy atom. The minimum atomic E-state index is -2.97. The number of carbonyl (C=O) groups excluding carboxylic acids is 2. The molecule has 0 aliphatic carbocycles. The van der Waals surface area contributed by atoms with Crippen molar-refractivity contribution in [3.8, 4) is 17.2 Å². The predicted octanol–water partition coefficient (Wildman–Crippen LogP) is 3.87. The molecule has 0 aliphatic heterocycles. The van der Waals surface area contributed by atoms with Crippen molar-refractivity contribution in [1.29, 1.82) is 0 Å². The molecule has 0 heterocycles. The number of hydrogen-bond donors (Lipinski definition) is 1. The predicted molar refractivity (Wildman–Crippen MR) is 95.0 cm³/mol. The van der Waals surface area contributed by atoms with E-state index in [-0.39, 0.29) is 17.4 Å². The second-order valence-corrected chi connectivity index (χ2v) is 5.25. The van der Waals surface area contributed by atoms with Gasteiger partial charge in [-0.1, -0.05) is 6.07 Å². The van der Waals surface area contributed by atoms with E-state index in [4.69, 9.17) is 9.47 Å². The lowest BCUT2D eigenvalue weighted by Gasteiger charge is -2.10. The average molecular weight is 377 g/mol. The van der Waals surface area contributed by atoms with Gasteiger partial charge >= 0.3 is 12.6 Å². The molecule has 0 aliphatic rings. The summed E-state index contributed by atoms with van der Waals surface area (Å²) in [7, 11) is 1.32. The molecule has 2 aromatic rings. The quantitative estimate of drug-likeness (QED) is 0.450. The largest absolute Gasteiger partial charge is 0.493 e. The number of carbonyl (C=O) groups is 2. The number of ether oxygens (including phenoxy) is 3. The second kappa shape index (κ2) is 9.33. The molecular formula is C19H17F2NO5. The number of anilines is 1. The van der Waals surface area contributed by atoms with Gasteiger partial charge in [0.1, 0.15) is 5.75 Å². The van der Waals surface area contributed by atoms with E-state index in [0.29, 0.717) is 17.0 Å². The Bertz CT molecular complexity index is 834. The van der Waals surface area contributed by atoms with Crippen LogP contribution in [0.4, 0.5) is 14.5 Å². The highest BCUT2D eigenvalue weighted by Crippen LogP contribution is 2.29. The van der Waals surface area contributed by atoms with Crippen molar-refractivity contribution < 1.29 is 32.6 Å². The highest BCUT2D eigenvalue weighted by molar-refractivity contribution is 5.90. The number of alkyl halides is 2. The number of rotatable bonds is 7. The van der Waals surface area contributed by atoms with E-state index in [1.54, 1.807) is 12.1 Å². The highest BCUT2D eigenvalue weighted by atomic mass is 19.3. The van der Waals surface area contributed by atoms with Gasteiger partial charge in [-0.3, -0.25) is 4.79 Å². The summed E-state index contributed by atoms with van der Waals surface area (Å²) in [4.78, 5) is 22.8. The molecule has 0 unspecified atom stereocenters. The first-order valence-electron chi connectivity index (χ1n) is 7.78. The standard InChI is InChI=1S/C19H17F2NO5/c1-12(23)22-14-5-7-15(8-6-14)26-18(24)10-4-13-3-9-16(27-19(20)21)17(11-13)25-2/h3-11,19H,1-2H3,(H,22,23)/b10-4+. The van der Waals surface area contributed by atoms with E-state index >= 15 is 0 Å². The molecule has 1 amide bonds. The molecule has 0 spiro atoms. The zero-order valence-electron chi connectivity index (χ0n) is 14.6. The van der Waals surface area contributed by atoms with Crippen LogP contribution in [0.5, 0.6) is 17.2 Å². The van der Waals surface area contributed by atoms with Gasteiger partial charge in [-0.2, -0.15) is 8.78 Å². The molecule has 0 radical (unpaired) electrons. The third-order valence-electron chi connectivity index (χ3n) is 3.21. The molecule has 0 atom stereocenters. The van der Waals surface area contributed by atoms with E-state index in [2.05, 4.69) is 10.1 Å². The molecule has 2 rings (SSSR count). The van der Waals surface area contributed by atoms with Gasteiger partial charge in [0, 0.05) is 18.7 Å². The summed E-state index contributed by atoms with van der Waals surface area (Å²) < 4.78 is 39.1. The Hall–Kier alpha value is -3.42. The summed E-state index contributed by atoms with van der Waals surface area (Å²) in [6.45, 7) is -1.58. The lowest BCUT2D eigenvalue weighted by molar-refractivity contribution is -0.128. The first-order chi connectivity index (χ1) is 12.9. The summed E-state index contributed by atoms with van der Waals surface area (Å²) in [5.41, 5.74) is 1.11. The third-order valence-corrected chi connectivity index (χ3v) is 3.21. The van der Waals surface area contributed by atoms with Crippen LogP contribution in [0.1, 0.15) is 12.5 Å². The number of amides is 1. The van der Waals surface area contributed by atoms with Gasteiger partial charge in [-0.15, -0.1) is 0 Å². The molecule has 0 fully saturated rings. The minimum absolute atomic E-state index is 0.105. The third kappa shape index (κ3) is 6.43. The molecule has 0 aromatic heterocycles. The number of benzene rings is 2. The molecular weight excluding hydrogens is 360 g/mol. The van der Waals surface area contributed by atoms with Crippen LogP contribution in [0.25, 0.3) is 6.08 Å². The molecule has 27 heavy (non-hydrogen) atoms. The maximum atomic E-state index is 12.3. The number of halogens is 2. The maximum Gasteiger partial charge on any atom is 0.387 e. The zero-order valence-corrected chi connectivity index (χ0v) is 14.6. The lowest BCUT2D eigenvalue weighted by atomic mass is 10.2. The van der Waals surface area contributed by atoms with Crippen LogP contribution >= 0.6 is 0 Å². The Kier molecular flexibility index (Phi) is 6.87. The fourth-order valence-corrected chi connectivity index (χ4v) is 2.11. The fourth-order valence-electron chi connectivity index (χ4n) is 2.11. The average Bonchev–Trinajstić information content (AvgIpc) is 2.61. The molecule has 0 saturated carbocycles. The summed E-state index contributed by atoms with van der Waals surface area (Å²) in [6, 6.07) is 10.5. The van der Waals surface area contributed by atoms with Crippen LogP contribution < -0.4 is 19.5 Å². The fraction of sp³-hybridized carbons (Fsp3) is 0.158. The SMILES string of the molecule is COc1cc(/C=C/C(=O)Oc2ccc(NC(C)=O)cc2)ccc1OC(F)F. The monoisotopic (exact) mass is 377 g/mol. The summed E-state index contributed by atoms with van der Waals surface area (Å²) >= 11 is 0. The van der Waals surface area contributed by atoms with Gasteiger partial charge < -0.3 is 19.5 Å². The molecule has 142 valence electrons. The van der Waals surface area contributed by atoms with Crippen LogP contribution in [0.2, 0.25) is 0 Å². The Morgan fingerprint density at radius 1 is 1.07 bits per heavy atom. The lowest BCUT2D eigenvalue weighted by Crippen LogP contribution is -2.06. The van der Waals surface area contributed by atoms with Crippen molar-refractivity contribution in [2.24, 2.45) is 0 Å². The smallest absolute Gasteiger partial charge is 0.387 e.